The molecule has 2 unspecified atom stereocenters. The highest BCUT2D eigenvalue weighted by Gasteiger charge is 2.56. The number of rotatable bonds is 9. The van der Waals surface area contributed by atoms with Crippen LogP contribution in [0.3, 0.4) is 0 Å². The summed E-state index contributed by atoms with van der Waals surface area (Å²) in [6.07, 6.45) is 6.82. The number of hydrogen-bond acceptors (Lipinski definition) is 7. The highest BCUT2D eigenvalue weighted by Crippen LogP contribution is 2.55. The predicted molar refractivity (Wildman–Crippen MR) is 166 cm³/mol. The summed E-state index contributed by atoms with van der Waals surface area (Å²) in [5.41, 5.74) is -0.230. The van der Waals surface area contributed by atoms with Gasteiger partial charge in [-0.2, -0.15) is 4.98 Å². The van der Waals surface area contributed by atoms with Crippen LogP contribution in [0.1, 0.15) is 50.8 Å². The van der Waals surface area contributed by atoms with Gasteiger partial charge in [-0.3, -0.25) is 4.79 Å². The molecule has 2 N–H and O–H groups in total. The molecule has 44 heavy (non-hydrogen) atoms. The zero-order valence-electron chi connectivity index (χ0n) is 25.5. The molecular weight excluding hydrogens is 564 g/mol. The Labute approximate surface area is 255 Å². The highest BCUT2D eigenvalue weighted by molar-refractivity contribution is 5.77. The third-order valence-electron chi connectivity index (χ3n) is 9.27. The maximum absolute atomic E-state index is 16.1. The van der Waals surface area contributed by atoms with Gasteiger partial charge in [-0.25, -0.2) is 28.1 Å². The van der Waals surface area contributed by atoms with Crippen LogP contribution in [0.4, 0.5) is 20.4 Å². The molecule has 0 spiro atoms. The number of alkyl halides is 2. The first kappa shape index (κ1) is 30.1. The zero-order valence-corrected chi connectivity index (χ0v) is 25.5. The Morgan fingerprint density at radius 3 is 2.39 bits per heavy atom. The third kappa shape index (κ3) is 5.21. The number of aromatic nitrogens is 5. The van der Waals surface area contributed by atoms with Gasteiger partial charge in [0.2, 0.25) is 5.95 Å². The molecule has 3 saturated carbocycles. The Kier molecular flexibility index (Phi) is 7.65. The minimum Gasteiger partial charge on any atom is -0.384 e. The second-order valence-electron chi connectivity index (χ2n) is 12.8. The quantitative estimate of drug-likeness (QED) is 0.241. The Morgan fingerprint density at radius 1 is 1.07 bits per heavy atom. The third-order valence-corrected chi connectivity index (χ3v) is 9.27. The lowest BCUT2D eigenvalue weighted by Crippen LogP contribution is -2.56. The molecule has 3 aromatic heterocycles. The molecular formula is C33H39F2N7O2. The summed E-state index contributed by atoms with van der Waals surface area (Å²) >= 11 is 0. The molecule has 1 aromatic carbocycles. The molecule has 9 nitrogen and oxygen atoms in total. The first-order valence-corrected chi connectivity index (χ1v) is 15.1. The van der Waals surface area contributed by atoms with Crippen LogP contribution in [0.5, 0.6) is 0 Å². The number of pyridine rings is 1. The number of hydrogen-bond donors (Lipinski definition) is 2. The van der Waals surface area contributed by atoms with Gasteiger partial charge in [-0.1, -0.05) is 24.3 Å². The van der Waals surface area contributed by atoms with Gasteiger partial charge in [0, 0.05) is 29.4 Å². The Balaban J connectivity index is 1.32. The fraction of sp³-hybridized carbons (Fsp3) is 0.455. The van der Waals surface area contributed by atoms with E-state index >= 15 is 8.78 Å². The molecule has 2 atom stereocenters. The van der Waals surface area contributed by atoms with E-state index in [0.717, 1.165) is 25.7 Å². The fourth-order valence-electron chi connectivity index (χ4n) is 7.26. The number of nitrogens with one attached hydrogen (secondary N) is 1. The zero-order chi connectivity index (χ0) is 31.4. The SMILES string of the molecule is C=CCn1c(=O)c2cnc(Nc3ccc(C(F)(F)C4C5CCC(CC5)C4N(C)C)cc3)nc2n1-c1cccc(C(C)(C)O)n1. The lowest BCUT2D eigenvalue weighted by molar-refractivity contribution is -0.158. The number of aliphatic hydroxyl groups is 1. The van der Waals surface area contributed by atoms with E-state index in [2.05, 4.69) is 26.8 Å². The van der Waals surface area contributed by atoms with E-state index in [0.29, 0.717) is 28.8 Å². The summed E-state index contributed by atoms with van der Waals surface area (Å²) in [6, 6.07) is 11.2. The normalized spacial score (nSPS) is 22.1. The number of anilines is 2. The van der Waals surface area contributed by atoms with Gasteiger partial charge in [-0.15, -0.1) is 6.58 Å². The van der Waals surface area contributed by atoms with Gasteiger partial charge in [0.1, 0.15) is 11.0 Å². The lowest BCUT2D eigenvalue weighted by Gasteiger charge is -2.53. The first-order chi connectivity index (χ1) is 20.9. The van der Waals surface area contributed by atoms with Gasteiger partial charge in [-0.05, 0) is 89.7 Å². The van der Waals surface area contributed by atoms with Crippen molar-refractivity contribution in [1.82, 2.24) is 29.2 Å². The minimum atomic E-state index is -2.96. The van der Waals surface area contributed by atoms with Crippen molar-refractivity contribution in [1.29, 1.82) is 0 Å². The van der Waals surface area contributed by atoms with E-state index in [1.807, 2.05) is 19.0 Å². The maximum Gasteiger partial charge on any atom is 0.278 e. The van der Waals surface area contributed by atoms with Gasteiger partial charge in [0.25, 0.3) is 11.5 Å². The fourth-order valence-corrected chi connectivity index (χ4v) is 7.26. The van der Waals surface area contributed by atoms with Gasteiger partial charge >= 0.3 is 0 Å². The summed E-state index contributed by atoms with van der Waals surface area (Å²) in [6.45, 7) is 7.23. The average molecular weight is 604 g/mol. The molecule has 11 heteroatoms. The number of benzene rings is 1. The molecule has 0 aliphatic heterocycles. The Bertz CT molecular complexity index is 1730. The van der Waals surface area contributed by atoms with Crippen LogP contribution in [0.25, 0.3) is 16.9 Å². The molecule has 3 aliphatic carbocycles. The molecule has 0 amide bonds. The molecule has 7 rings (SSSR count). The van der Waals surface area contributed by atoms with Crippen LogP contribution in [-0.4, -0.2) is 54.5 Å². The molecule has 2 bridgehead atoms. The number of fused-ring (bicyclic) bond motifs is 4. The topological polar surface area (TPSA) is 101 Å². The second-order valence-corrected chi connectivity index (χ2v) is 12.8. The van der Waals surface area contributed by atoms with Crippen LogP contribution in [-0.2, 0) is 18.1 Å². The first-order valence-electron chi connectivity index (χ1n) is 15.1. The summed E-state index contributed by atoms with van der Waals surface area (Å²) in [5, 5.41) is 13.9. The molecule has 0 saturated heterocycles. The maximum atomic E-state index is 16.1. The minimum absolute atomic E-state index is 0.0110. The molecule has 232 valence electrons. The summed E-state index contributed by atoms with van der Waals surface area (Å²) in [7, 11) is 3.84. The van der Waals surface area contributed by atoms with E-state index in [-0.39, 0.29) is 41.0 Å². The number of allylic oxidation sites excluding steroid dienone is 1. The molecule has 4 aromatic rings. The lowest BCUT2D eigenvalue weighted by atomic mass is 9.59. The average Bonchev–Trinajstić information content (AvgIpc) is 3.27. The van der Waals surface area contributed by atoms with E-state index in [1.165, 1.54) is 23.0 Å². The summed E-state index contributed by atoms with van der Waals surface area (Å²) in [5.74, 6) is -2.76. The van der Waals surface area contributed by atoms with Crippen molar-refractivity contribution < 1.29 is 13.9 Å². The van der Waals surface area contributed by atoms with Crippen molar-refractivity contribution in [2.75, 3.05) is 19.4 Å². The van der Waals surface area contributed by atoms with Gasteiger partial charge in [0.15, 0.2) is 11.5 Å². The van der Waals surface area contributed by atoms with Gasteiger partial charge in [0.05, 0.1) is 12.2 Å². The van der Waals surface area contributed by atoms with E-state index in [4.69, 9.17) is 0 Å². The standard InChI is InChI=1S/C33H39F2N7O2/c1-6-18-41-30(43)24-19-36-31(39-29(24)42(41)26-9-7-8-25(38-26)32(2,3)44)37-23-16-14-22(15-17-23)33(34,35)27-20-10-12-21(13-11-20)28(27)40(4)5/h6-9,14-17,19-21,27-28,44H,1,10-13,18H2,2-5H3,(H,36,37,39). The second kappa shape index (κ2) is 11.2. The number of nitrogens with zero attached hydrogens (tertiary/aromatic N) is 6. The summed E-state index contributed by atoms with van der Waals surface area (Å²) < 4.78 is 35.3. The van der Waals surface area contributed by atoms with Crippen molar-refractivity contribution >= 4 is 22.7 Å². The van der Waals surface area contributed by atoms with Crippen molar-refractivity contribution in [3.05, 3.63) is 82.9 Å². The molecule has 3 heterocycles. The van der Waals surface area contributed by atoms with Crippen molar-refractivity contribution in [3.8, 4) is 5.82 Å². The van der Waals surface area contributed by atoms with Crippen LogP contribution in [0.2, 0.25) is 0 Å². The van der Waals surface area contributed by atoms with Crippen molar-refractivity contribution in [2.45, 2.75) is 63.6 Å². The smallest absolute Gasteiger partial charge is 0.278 e. The molecule has 0 radical (unpaired) electrons. The van der Waals surface area contributed by atoms with Crippen molar-refractivity contribution in [3.63, 3.8) is 0 Å². The van der Waals surface area contributed by atoms with E-state index < -0.39 is 17.4 Å². The summed E-state index contributed by atoms with van der Waals surface area (Å²) in [4.78, 5) is 28.8. The van der Waals surface area contributed by atoms with Crippen LogP contribution < -0.4 is 10.9 Å². The Hall–Kier alpha value is -3.96. The van der Waals surface area contributed by atoms with E-state index in [9.17, 15) is 9.90 Å². The van der Waals surface area contributed by atoms with E-state index in [1.54, 1.807) is 54.9 Å². The van der Waals surface area contributed by atoms with Crippen LogP contribution in [0, 0.1) is 17.8 Å². The Morgan fingerprint density at radius 2 is 1.75 bits per heavy atom. The van der Waals surface area contributed by atoms with Crippen LogP contribution >= 0.6 is 0 Å². The van der Waals surface area contributed by atoms with Gasteiger partial charge < -0.3 is 15.3 Å². The molecule has 3 aliphatic rings. The largest absolute Gasteiger partial charge is 0.384 e. The number of halogens is 2. The highest BCUT2D eigenvalue weighted by atomic mass is 19.3. The monoisotopic (exact) mass is 603 g/mol. The van der Waals surface area contributed by atoms with Crippen LogP contribution in [0.15, 0.2) is 66.1 Å². The van der Waals surface area contributed by atoms with Crippen molar-refractivity contribution in [2.24, 2.45) is 17.8 Å². The molecule has 3 fully saturated rings. The predicted octanol–water partition coefficient (Wildman–Crippen LogP) is 5.59.